The maximum absolute atomic E-state index is 14.1. The van der Waals surface area contributed by atoms with Crippen LogP contribution in [-0.2, 0) is 4.79 Å². The van der Waals surface area contributed by atoms with Gasteiger partial charge in [0.15, 0.2) is 5.76 Å². The standard InChI is InChI=1S/C30H23N3O3S/c1-17-12-14-20(15-13-17)33-25(22-16-31-23-11-7-6-10-21(22)23)24(27(35)30(33)36)26(34)28-18(2)32-29(37-28)19-8-4-3-5-9-19/h3-16,25,31,35H,1-2H3. The molecule has 1 amide bonds. The molecule has 1 aliphatic rings. The zero-order valence-electron chi connectivity index (χ0n) is 20.2. The third kappa shape index (κ3) is 3.75. The lowest BCUT2D eigenvalue weighted by atomic mass is 9.94. The number of nitrogens with zero attached hydrogens (tertiary/aromatic N) is 2. The van der Waals surface area contributed by atoms with E-state index in [4.69, 9.17) is 0 Å². The summed E-state index contributed by atoms with van der Waals surface area (Å²) in [6.45, 7) is 3.75. The normalized spacial score (nSPS) is 15.7. The molecule has 7 heteroatoms. The van der Waals surface area contributed by atoms with Gasteiger partial charge in [0.25, 0.3) is 5.91 Å². The summed E-state index contributed by atoms with van der Waals surface area (Å²) in [5.41, 5.74) is 4.79. The molecule has 6 nitrogen and oxygen atoms in total. The van der Waals surface area contributed by atoms with Crippen LogP contribution < -0.4 is 4.90 Å². The van der Waals surface area contributed by atoms with E-state index >= 15 is 0 Å². The van der Waals surface area contributed by atoms with E-state index in [2.05, 4.69) is 9.97 Å². The number of aromatic amines is 1. The number of fused-ring (bicyclic) bond motifs is 1. The number of thiazole rings is 1. The summed E-state index contributed by atoms with van der Waals surface area (Å²) in [4.78, 5) is 37.4. The Balaban J connectivity index is 1.52. The lowest BCUT2D eigenvalue weighted by Crippen LogP contribution is -2.31. The number of rotatable bonds is 5. The van der Waals surface area contributed by atoms with Gasteiger partial charge >= 0.3 is 0 Å². The highest BCUT2D eigenvalue weighted by Crippen LogP contribution is 2.45. The van der Waals surface area contributed by atoms with Gasteiger partial charge in [-0.3, -0.25) is 14.5 Å². The number of aryl methyl sites for hydroxylation is 2. The molecule has 6 rings (SSSR count). The molecule has 0 saturated heterocycles. The highest BCUT2D eigenvalue weighted by atomic mass is 32.1. The van der Waals surface area contributed by atoms with Crippen molar-refractivity contribution in [3.63, 3.8) is 0 Å². The molecule has 1 unspecified atom stereocenters. The number of nitrogens with one attached hydrogen (secondary N) is 1. The van der Waals surface area contributed by atoms with Gasteiger partial charge < -0.3 is 10.1 Å². The fourth-order valence-corrected chi connectivity index (χ4v) is 5.88. The first kappa shape index (κ1) is 22.9. The molecule has 0 bridgehead atoms. The number of carbonyl (C=O) groups is 2. The van der Waals surface area contributed by atoms with E-state index in [0.717, 1.165) is 27.6 Å². The molecule has 2 N–H and O–H groups in total. The van der Waals surface area contributed by atoms with Crippen LogP contribution in [0.2, 0.25) is 0 Å². The smallest absolute Gasteiger partial charge is 0.294 e. The third-order valence-electron chi connectivity index (χ3n) is 6.70. The van der Waals surface area contributed by atoms with E-state index in [9.17, 15) is 14.7 Å². The Morgan fingerprint density at radius 2 is 1.68 bits per heavy atom. The Morgan fingerprint density at radius 3 is 2.43 bits per heavy atom. The molecule has 37 heavy (non-hydrogen) atoms. The summed E-state index contributed by atoms with van der Waals surface area (Å²) in [5, 5.41) is 12.8. The average Bonchev–Trinajstić information content (AvgIpc) is 3.59. The monoisotopic (exact) mass is 505 g/mol. The lowest BCUT2D eigenvalue weighted by Gasteiger charge is -2.26. The van der Waals surface area contributed by atoms with Crippen LogP contribution >= 0.6 is 11.3 Å². The van der Waals surface area contributed by atoms with E-state index in [-0.39, 0.29) is 5.57 Å². The number of hydrogen-bond acceptors (Lipinski definition) is 5. The Morgan fingerprint density at radius 1 is 0.973 bits per heavy atom. The molecule has 2 aromatic heterocycles. The van der Waals surface area contributed by atoms with Crippen molar-refractivity contribution in [3.8, 4) is 10.6 Å². The number of amides is 1. The van der Waals surface area contributed by atoms with Crippen molar-refractivity contribution in [3.05, 3.63) is 118 Å². The number of benzene rings is 3. The first-order valence-corrected chi connectivity index (χ1v) is 12.7. The molecule has 3 heterocycles. The predicted molar refractivity (Wildman–Crippen MR) is 146 cm³/mol. The average molecular weight is 506 g/mol. The summed E-state index contributed by atoms with van der Waals surface area (Å²) >= 11 is 1.27. The number of ketones is 1. The minimum Gasteiger partial charge on any atom is -0.503 e. The SMILES string of the molecule is Cc1ccc(N2C(=O)C(O)=C(C(=O)c3sc(-c4ccccc4)nc3C)C2c2c[nH]c3ccccc23)cc1. The van der Waals surface area contributed by atoms with Gasteiger partial charge in [0.2, 0.25) is 5.78 Å². The second-order valence-electron chi connectivity index (χ2n) is 9.09. The molecular weight excluding hydrogens is 482 g/mol. The number of hydrogen-bond donors (Lipinski definition) is 2. The number of H-pyrrole nitrogens is 1. The Bertz CT molecular complexity index is 1700. The van der Waals surface area contributed by atoms with Crippen molar-refractivity contribution in [2.75, 3.05) is 4.90 Å². The van der Waals surface area contributed by atoms with Gasteiger partial charge in [-0.1, -0.05) is 66.2 Å². The maximum atomic E-state index is 14.1. The number of Topliss-reactive ketones (excluding diaryl/α,β-unsaturated/α-hetero) is 1. The molecule has 3 aromatic carbocycles. The fraction of sp³-hybridized carbons (Fsp3) is 0.100. The van der Waals surface area contributed by atoms with Crippen LogP contribution in [0.1, 0.15) is 32.5 Å². The predicted octanol–water partition coefficient (Wildman–Crippen LogP) is 6.69. The Kier molecular flexibility index (Phi) is 5.50. The molecule has 5 aromatic rings. The van der Waals surface area contributed by atoms with Crippen molar-refractivity contribution < 1.29 is 14.7 Å². The third-order valence-corrected chi connectivity index (χ3v) is 7.91. The molecule has 0 aliphatic carbocycles. The van der Waals surface area contributed by atoms with E-state index < -0.39 is 23.5 Å². The molecular formula is C30H23N3O3S. The second-order valence-corrected chi connectivity index (χ2v) is 10.1. The van der Waals surface area contributed by atoms with Gasteiger partial charge in [-0.15, -0.1) is 11.3 Å². The van der Waals surface area contributed by atoms with Gasteiger partial charge in [0.1, 0.15) is 5.01 Å². The zero-order chi connectivity index (χ0) is 25.7. The summed E-state index contributed by atoms with van der Waals surface area (Å²) in [7, 11) is 0. The molecule has 0 fully saturated rings. The van der Waals surface area contributed by atoms with E-state index in [0.29, 0.717) is 21.3 Å². The van der Waals surface area contributed by atoms with Crippen LogP contribution in [0.3, 0.4) is 0 Å². The van der Waals surface area contributed by atoms with E-state index in [1.165, 1.54) is 16.2 Å². The molecule has 0 spiro atoms. The minimum absolute atomic E-state index is 0.0571. The summed E-state index contributed by atoms with van der Waals surface area (Å²) in [6.07, 6.45) is 1.81. The zero-order valence-corrected chi connectivity index (χ0v) is 21.0. The number of anilines is 1. The van der Waals surface area contributed by atoms with E-state index in [1.807, 2.05) is 92.0 Å². The van der Waals surface area contributed by atoms with Gasteiger partial charge in [-0.25, -0.2) is 4.98 Å². The fourth-order valence-electron chi connectivity index (χ4n) is 4.86. The highest BCUT2D eigenvalue weighted by molar-refractivity contribution is 7.17. The van der Waals surface area contributed by atoms with Crippen molar-refractivity contribution in [1.29, 1.82) is 0 Å². The molecule has 0 saturated carbocycles. The largest absolute Gasteiger partial charge is 0.503 e. The summed E-state index contributed by atoms with van der Waals surface area (Å²) < 4.78 is 0. The molecule has 1 atom stereocenters. The van der Waals surface area contributed by atoms with Gasteiger partial charge in [-0.2, -0.15) is 0 Å². The van der Waals surface area contributed by atoms with Crippen LogP contribution in [0.15, 0.2) is 96.4 Å². The Hall–Kier alpha value is -4.49. The topological polar surface area (TPSA) is 86.3 Å². The number of para-hydroxylation sites is 1. The van der Waals surface area contributed by atoms with Crippen LogP contribution in [-0.4, -0.2) is 26.8 Å². The number of aliphatic hydroxyl groups is 1. The van der Waals surface area contributed by atoms with E-state index in [1.54, 1.807) is 6.92 Å². The number of aromatic nitrogens is 2. The molecule has 0 radical (unpaired) electrons. The van der Waals surface area contributed by atoms with Crippen molar-refractivity contribution in [1.82, 2.24) is 9.97 Å². The quantitative estimate of drug-likeness (QED) is 0.261. The van der Waals surface area contributed by atoms with Crippen LogP contribution in [0.5, 0.6) is 0 Å². The maximum Gasteiger partial charge on any atom is 0.294 e. The van der Waals surface area contributed by atoms with Gasteiger partial charge in [0.05, 0.1) is 22.2 Å². The van der Waals surface area contributed by atoms with Crippen LogP contribution in [0.25, 0.3) is 21.5 Å². The van der Waals surface area contributed by atoms with Crippen molar-refractivity contribution in [2.45, 2.75) is 19.9 Å². The van der Waals surface area contributed by atoms with Gasteiger partial charge in [-0.05, 0) is 32.0 Å². The summed E-state index contributed by atoms with van der Waals surface area (Å²) in [6, 6.07) is 24.1. The lowest BCUT2D eigenvalue weighted by molar-refractivity contribution is -0.117. The molecule has 1 aliphatic heterocycles. The second kappa shape index (κ2) is 8.87. The first-order valence-electron chi connectivity index (χ1n) is 11.9. The minimum atomic E-state index is -0.805. The summed E-state index contributed by atoms with van der Waals surface area (Å²) in [5.74, 6) is -1.53. The number of carbonyl (C=O) groups excluding carboxylic acids is 2. The Labute approximate surface area is 217 Å². The molecule has 182 valence electrons. The van der Waals surface area contributed by atoms with Crippen LogP contribution in [0, 0.1) is 13.8 Å². The van der Waals surface area contributed by atoms with Crippen molar-refractivity contribution >= 4 is 39.6 Å². The highest BCUT2D eigenvalue weighted by Gasteiger charge is 2.46. The van der Waals surface area contributed by atoms with Crippen LogP contribution in [0.4, 0.5) is 5.69 Å². The number of aliphatic hydroxyl groups excluding tert-OH is 1. The van der Waals surface area contributed by atoms with Crippen molar-refractivity contribution in [2.24, 2.45) is 0 Å². The van der Waals surface area contributed by atoms with Gasteiger partial charge in [0, 0.05) is 33.9 Å². The first-order chi connectivity index (χ1) is 17.9.